The van der Waals surface area contributed by atoms with E-state index < -0.39 is 6.09 Å². The van der Waals surface area contributed by atoms with Crippen LogP contribution in [0.2, 0.25) is 0 Å². The van der Waals surface area contributed by atoms with Gasteiger partial charge >= 0.3 is 0 Å². The maximum absolute atomic E-state index is 11.4. The van der Waals surface area contributed by atoms with Crippen molar-refractivity contribution < 1.29 is 24.1 Å². The van der Waals surface area contributed by atoms with Gasteiger partial charge in [0.1, 0.15) is 12.8 Å². The van der Waals surface area contributed by atoms with Gasteiger partial charge in [-0.05, 0) is 12.1 Å². The zero-order chi connectivity index (χ0) is 16.8. The molecule has 0 saturated carbocycles. The molecule has 8 nitrogen and oxygen atoms in total. The van der Waals surface area contributed by atoms with Crippen molar-refractivity contribution in [3.63, 3.8) is 0 Å². The lowest BCUT2D eigenvalue weighted by Crippen LogP contribution is -2.42. The molecule has 1 heterocycles. The van der Waals surface area contributed by atoms with Crippen molar-refractivity contribution in [3.05, 3.63) is 30.3 Å². The Kier molecular flexibility index (Phi) is 5.32. The topological polar surface area (TPSA) is 96.8 Å². The van der Waals surface area contributed by atoms with E-state index in [0.717, 1.165) is 4.90 Å². The second-order valence-corrected chi connectivity index (χ2v) is 4.41. The molecule has 0 aliphatic carbocycles. The summed E-state index contributed by atoms with van der Waals surface area (Å²) >= 11 is 0. The van der Waals surface area contributed by atoms with Crippen LogP contribution in [-0.4, -0.2) is 44.1 Å². The number of benzene rings is 1. The van der Waals surface area contributed by atoms with E-state index in [1.54, 1.807) is 24.3 Å². The number of hydrogen-bond acceptors (Lipinski definition) is 7. The van der Waals surface area contributed by atoms with Crippen LogP contribution in [0.3, 0.4) is 0 Å². The summed E-state index contributed by atoms with van der Waals surface area (Å²) in [6.45, 7) is -0.180. The van der Waals surface area contributed by atoms with Gasteiger partial charge in [0.15, 0.2) is 5.82 Å². The normalized spacial score (nSPS) is 10.2. The molecular weight excluding hydrogens is 302 g/mol. The Hall–Kier alpha value is -2.87. The first kappa shape index (κ1) is 16.5. The fourth-order valence-corrected chi connectivity index (χ4v) is 1.98. The number of carboxylic acid groups (broad SMARTS) is 1. The molecule has 0 atom stereocenters. The van der Waals surface area contributed by atoms with E-state index in [1.807, 2.05) is 0 Å². The van der Waals surface area contributed by atoms with Gasteiger partial charge in [0.2, 0.25) is 11.8 Å². The SMILES string of the molecule is COCN(C(=O)[O-])c1ccccc1-c1nc(OC)cc(OC)n1. The van der Waals surface area contributed by atoms with Crippen LogP contribution in [0.4, 0.5) is 10.5 Å². The molecule has 2 rings (SSSR count). The van der Waals surface area contributed by atoms with E-state index in [1.165, 1.54) is 27.4 Å². The highest BCUT2D eigenvalue weighted by molar-refractivity contribution is 5.90. The van der Waals surface area contributed by atoms with Crippen molar-refractivity contribution in [3.8, 4) is 23.1 Å². The third-order valence-electron chi connectivity index (χ3n) is 3.01. The van der Waals surface area contributed by atoms with E-state index in [2.05, 4.69) is 9.97 Å². The number of methoxy groups -OCH3 is 3. The number of ether oxygens (including phenoxy) is 3. The Morgan fingerprint density at radius 3 is 2.26 bits per heavy atom. The number of carbonyl (C=O) groups is 1. The smallest absolute Gasteiger partial charge is 0.220 e. The molecule has 0 fully saturated rings. The Labute approximate surface area is 133 Å². The number of hydrogen-bond donors (Lipinski definition) is 0. The number of rotatable bonds is 6. The predicted molar refractivity (Wildman–Crippen MR) is 80.3 cm³/mol. The lowest BCUT2D eigenvalue weighted by molar-refractivity contribution is -0.247. The number of para-hydroxylation sites is 1. The molecule has 0 spiro atoms. The molecule has 0 bridgehead atoms. The average molecular weight is 318 g/mol. The highest BCUT2D eigenvalue weighted by Crippen LogP contribution is 2.30. The van der Waals surface area contributed by atoms with Gasteiger partial charge in [-0.25, -0.2) is 0 Å². The quantitative estimate of drug-likeness (QED) is 0.730. The lowest BCUT2D eigenvalue weighted by atomic mass is 10.1. The van der Waals surface area contributed by atoms with Crippen LogP contribution in [0.5, 0.6) is 11.8 Å². The van der Waals surface area contributed by atoms with Crippen molar-refractivity contribution in [1.29, 1.82) is 0 Å². The third kappa shape index (κ3) is 3.67. The molecule has 0 radical (unpaired) electrons. The Morgan fingerprint density at radius 1 is 1.13 bits per heavy atom. The first-order chi connectivity index (χ1) is 11.1. The van der Waals surface area contributed by atoms with E-state index in [9.17, 15) is 9.90 Å². The second-order valence-electron chi connectivity index (χ2n) is 4.41. The minimum absolute atomic E-state index is 0.180. The largest absolute Gasteiger partial charge is 0.530 e. The molecule has 0 N–H and O–H groups in total. The summed E-state index contributed by atoms with van der Waals surface area (Å²) in [6, 6.07) is 8.27. The van der Waals surface area contributed by atoms with Gasteiger partial charge in [0, 0.05) is 12.7 Å². The molecule has 1 aromatic heterocycles. The molecule has 0 aliphatic heterocycles. The highest BCUT2D eigenvalue weighted by Gasteiger charge is 2.16. The van der Waals surface area contributed by atoms with Gasteiger partial charge in [-0.1, -0.05) is 12.1 Å². The Bertz CT molecular complexity index is 670. The van der Waals surface area contributed by atoms with Crippen LogP contribution < -0.4 is 19.5 Å². The molecule has 8 heteroatoms. The maximum Gasteiger partial charge on any atom is 0.220 e. The van der Waals surface area contributed by atoms with Gasteiger partial charge in [0.25, 0.3) is 0 Å². The van der Waals surface area contributed by atoms with Crippen LogP contribution in [0.15, 0.2) is 30.3 Å². The monoisotopic (exact) mass is 318 g/mol. The first-order valence-electron chi connectivity index (χ1n) is 6.64. The summed E-state index contributed by atoms with van der Waals surface area (Å²) in [6.07, 6.45) is -1.39. The molecule has 1 amide bonds. The van der Waals surface area contributed by atoms with Gasteiger partial charge in [-0.2, -0.15) is 9.97 Å². The van der Waals surface area contributed by atoms with E-state index in [-0.39, 0.29) is 12.6 Å². The van der Waals surface area contributed by atoms with E-state index >= 15 is 0 Å². The van der Waals surface area contributed by atoms with Crippen LogP contribution in [-0.2, 0) is 4.74 Å². The maximum atomic E-state index is 11.4. The molecule has 0 unspecified atom stereocenters. The summed E-state index contributed by atoms with van der Waals surface area (Å²) in [5.41, 5.74) is 0.815. The average Bonchev–Trinajstić information content (AvgIpc) is 2.58. The lowest BCUT2D eigenvalue weighted by Gasteiger charge is -2.26. The van der Waals surface area contributed by atoms with Gasteiger partial charge in [-0.3, -0.25) is 0 Å². The summed E-state index contributed by atoms with van der Waals surface area (Å²) < 4.78 is 15.1. The molecule has 122 valence electrons. The van der Waals surface area contributed by atoms with Crippen LogP contribution in [0.1, 0.15) is 0 Å². The third-order valence-corrected chi connectivity index (χ3v) is 3.01. The van der Waals surface area contributed by atoms with E-state index in [0.29, 0.717) is 23.0 Å². The number of aromatic nitrogens is 2. The molecule has 2 aromatic rings. The molecule has 0 saturated heterocycles. The Balaban J connectivity index is 2.58. The van der Waals surface area contributed by atoms with Crippen LogP contribution in [0, 0.1) is 0 Å². The van der Waals surface area contributed by atoms with Gasteiger partial charge < -0.3 is 29.0 Å². The second kappa shape index (κ2) is 7.41. The Morgan fingerprint density at radius 2 is 1.74 bits per heavy atom. The fraction of sp³-hybridized carbons (Fsp3) is 0.267. The number of nitrogens with zero attached hydrogens (tertiary/aromatic N) is 3. The van der Waals surface area contributed by atoms with Gasteiger partial charge in [0.05, 0.1) is 26.0 Å². The van der Waals surface area contributed by atoms with Crippen LogP contribution in [0.25, 0.3) is 11.4 Å². The van der Waals surface area contributed by atoms with Crippen molar-refractivity contribution >= 4 is 11.8 Å². The standard InChI is InChI=1S/C15H17N3O5/c1-21-9-18(15(19)20)11-7-5-4-6-10(11)14-16-12(22-2)8-13(17-14)23-3/h4-8H,9H2,1-3H3,(H,19,20)/p-1. The molecule has 0 aliphatic rings. The van der Waals surface area contributed by atoms with Crippen LogP contribution >= 0.6 is 0 Å². The predicted octanol–water partition coefficient (Wildman–Crippen LogP) is 0.914. The summed E-state index contributed by atoms with van der Waals surface area (Å²) in [7, 11) is 4.33. The number of anilines is 1. The molecule has 23 heavy (non-hydrogen) atoms. The van der Waals surface area contributed by atoms with Crippen molar-refractivity contribution in [2.75, 3.05) is 33.0 Å². The number of carbonyl (C=O) groups excluding carboxylic acids is 1. The minimum atomic E-state index is -1.39. The summed E-state index contributed by atoms with van der Waals surface area (Å²) in [4.78, 5) is 20.8. The number of amides is 1. The summed E-state index contributed by atoms with van der Waals surface area (Å²) in [5.74, 6) is 0.862. The van der Waals surface area contributed by atoms with Crippen molar-refractivity contribution in [2.24, 2.45) is 0 Å². The zero-order valence-electron chi connectivity index (χ0n) is 13.0. The fourth-order valence-electron chi connectivity index (χ4n) is 1.98. The first-order valence-corrected chi connectivity index (χ1v) is 6.64. The summed E-state index contributed by atoms with van der Waals surface area (Å²) in [5, 5.41) is 11.4. The zero-order valence-corrected chi connectivity index (χ0v) is 13.0. The minimum Gasteiger partial charge on any atom is -0.530 e. The van der Waals surface area contributed by atoms with Crippen molar-refractivity contribution in [2.45, 2.75) is 0 Å². The highest BCUT2D eigenvalue weighted by atomic mass is 16.5. The van der Waals surface area contributed by atoms with Crippen molar-refractivity contribution in [1.82, 2.24) is 9.97 Å². The molecule has 1 aromatic carbocycles. The molecular formula is C15H16N3O5-. The van der Waals surface area contributed by atoms with E-state index in [4.69, 9.17) is 14.2 Å². The van der Waals surface area contributed by atoms with Gasteiger partial charge in [-0.15, -0.1) is 0 Å².